The zero-order chi connectivity index (χ0) is 23.6. The summed E-state index contributed by atoms with van der Waals surface area (Å²) < 4.78 is 58.1. The van der Waals surface area contributed by atoms with E-state index < -0.39 is 29.4 Å². The summed E-state index contributed by atoms with van der Waals surface area (Å²) in [5.41, 5.74) is -0.751. The molecule has 0 saturated carbocycles. The zero-order valence-corrected chi connectivity index (χ0v) is 17.5. The molecule has 1 saturated heterocycles. The molecule has 1 fully saturated rings. The molecule has 0 bridgehead atoms. The molecule has 10 heteroatoms. The summed E-state index contributed by atoms with van der Waals surface area (Å²) in [5, 5.41) is 2.70. The van der Waals surface area contributed by atoms with Crippen LogP contribution in [0.3, 0.4) is 0 Å². The van der Waals surface area contributed by atoms with Crippen LogP contribution in [0.25, 0.3) is 5.57 Å². The minimum Gasteiger partial charge on any atom is -0.379 e. The van der Waals surface area contributed by atoms with Crippen molar-refractivity contribution >= 4 is 23.1 Å². The number of ether oxygens (including phenoxy) is 1. The van der Waals surface area contributed by atoms with E-state index in [0.29, 0.717) is 32.8 Å². The lowest BCUT2D eigenvalue weighted by molar-refractivity contribution is -0.138. The quantitative estimate of drug-likeness (QED) is 0.526. The second-order valence-electron chi connectivity index (χ2n) is 7.68. The Kier molecular flexibility index (Phi) is 6.48. The molecule has 33 heavy (non-hydrogen) atoms. The molecule has 2 amide bonds. The lowest BCUT2D eigenvalue weighted by atomic mass is 10.0. The van der Waals surface area contributed by atoms with Crippen LogP contribution in [0.1, 0.15) is 11.1 Å². The summed E-state index contributed by atoms with van der Waals surface area (Å²) >= 11 is 0. The molecule has 4 rings (SSSR count). The predicted octanol–water partition coefficient (Wildman–Crippen LogP) is 3.37. The molecule has 0 aliphatic carbocycles. The van der Waals surface area contributed by atoms with Crippen LogP contribution in [-0.2, 0) is 20.5 Å². The molecule has 0 atom stereocenters. The molecule has 0 aromatic heterocycles. The van der Waals surface area contributed by atoms with Gasteiger partial charge in [0.25, 0.3) is 11.8 Å². The Morgan fingerprint density at radius 1 is 0.939 bits per heavy atom. The highest BCUT2D eigenvalue weighted by Gasteiger charge is 2.39. The van der Waals surface area contributed by atoms with E-state index in [4.69, 9.17) is 4.74 Å². The van der Waals surface area contributed by atoms with Gasteiger partial charge in [0.05, 0.1) is 24.4 Å². The Morgan fingerprint density at radius 2 is 1.64 bits per heavy atom. The van der Waals surface area contributed by atoms with Crippen molar-refractivity contribution in [2.45, 2.75) is 6.18 Å². The molecule has 2 aromatic carbocycles. The third-order valence-corrected chi connectivity index (χ3v) is 5.50. The van der Waals surface area contributed by atoms with E-state index in [9.17, 15) is 27.2 Å². The monoisotopic (exact) mass is 463 g/mol. The molecule has 0 unspecified atom stereocenters. The first-order chi connectivity index (χ1) is 15.7. The van der Waals surface area contributed by atoms with E-state index in [-0.39, 0.29) is 29.1 Å². The summed E-state index contributed by atoms with van der Waals surface area (Å²) in [5.74, 6) is -1.76. The van der Waals surface area contributed by atoms with Crippen molar-refractivity contribution in [2.75, 3.05) is 44.7 Å². The van der Waals surface area contributed by atoms with Gasteiger partial charge in [0.1, 0.15) is 11.5 Å². The lowest BCUT2D eigenvalue weighted by Gasteiger charge is -2.28. The number of morpholine rings is 1. The van der Waals surface area contributed by atoms with E-state index in [0.717, 1.165) is 29.2 Å². The number of anilines is 1. The molecule has 2 heterocycles. The minimum atomic E-state index is -4.56. The number of hydrogen-bond donors (Lipinski definition) is 1. The van der Waals surface area contributed by atoms with Crippen LogP contribution in [-0.4, -0.2) is 61.0 Å². The second-order valence-corrected chi connectivity index (χ2v) is 7.68. The third kappa shape index (κ3) is 5.07. The highest BCUT2D eigenvalue weighted by Crippen LogP contribution is 2.33. The highest BCUT2D eigenvalue weighted by atomic mass is 19.4. The maximum absolute atomic E-state index is 13.4. The first kappa shape index (κ1) is 22.9. The van der Waals surface area contributed by atoms with Crippen molar-refractivity contribution < 1.29 is 31.9 Å². The van der Waals surface area contributed by atoms with E-state index in [2.05, 4.69) is 10.2 Å². The van der Waals surface area contributed by atoms with Gasteiger partial charge in [0, 0.05) is 31.9 Å². The molecule has 6 nitrogen and oxygen atoms in total. The second kappa shape index (κ2) is 9.32. The summed E-state index contributed by atoms with van der Waals surface area (Å²) in [4.78, 5) is 29.5. The fraction of sp³-hybridized carbons (Fsp3) is 0.304. The first-order valence-corrected chi connectivity index (χ1v) is 10.3. The Hall–Kier alpha value is -3.24. The van der Waals surface area contributed by atoms with Gasteiger partial charge in [-0.1, -0.05) is 18.2 Å². The van der Waals surface area contributed by atoms with Crippen molar-refractivity contribution in [1.29, 1.82) is 0 Å². The fourth-order valence-electron chi connectivity index (χ4n) is 3.76. The minimum absolute atomic E-state index is 0.00983. The number of nitrogens with zero attached hydrogens (tertiary/aromatic N) is 2. The van der Waals surface area contributed by atoms with Crippen molar-refractivity contribution in [3.63, 3.8) is 0 Å². The van der Waals surface area contributed by atoms with E-state index in [1.165, 1.54) is 24.3 Å². The van der Waals surface area contributed by atoms with Gasteiger partial charge in [-0.2, -0.15) is 13.2 Å². The maximum Gasteiger partial charge on any atom is 0.416 e. The standard InChI is InChI=1S/C23H21F4N3O3/c24-17-6-4-15(5-7-17)19-20(28-18-3-1-2-16(14-18)23(25,26)27)22(32)30(21(19)31)9-8-29-10-12-33-13-11-29/h1-7,14,28H,8-13H2. The van der Waals surface area contributed by atoms with Crippen molar-refractivity contribution in [3.8, 4) is 0 Å². The zero-order valence-electron chi connectivity index (χ0n) is 17.5. The van der Waals surface area contributed by atoms with Gasteiger partial charge in [-0.15, -0.1) is 0 Å². The largest absolute Gasteiger partial charge is 0.416 e. The molecule has 0 spiro atoms. The van der Waals surface area contributed by atoms with E-state index in [1.807, 2.05) is 0 Å². The molecule has 174 valence electrons. The lowest BCUT2D eigenvalue weighted by Crippen LogP contribution is -2.43. The van der Waals surface area contributed by atoms with Gasteiger partial charge in [-0.25, -0.2) is 4.39 Å². The molecular weight excluding hydrogens is 442 g/mol. The molecule has 2 aromatic rings. The number of halogens is 4. The number of nitrogens with one attached hydrogen (secondary N) is 1. The topological polar surface area (TPSA) is 61.9 Å². The summed E-state index contributed by atoms with van der Waals surface area (Å²) in [6.45, 7) is 3.00. The third-order valence-electron chi connectivity index (χ3n) is 5.50. The molecular formula is C23H21F4N3O3. The van der Waals surface area contributed by atoms with Gasteiger partial charge in [0.15, 0.2) is 0 Å². The SMILES string of the molecule is O=C1C(Nc2cccc(C(F)(F)F)c2)=C(c2ccc(F)cc2)C(=O)N1CCN1CCOCC1. The van der Waals surface area contributed by atoms with Crippen LogP contribution in [0, 0.1) is 5.82 Å². The Bertz CT molecular complexity index is 1080. The first-order valence-electron chi connectivity index (χ1n) is 10.3. The van der Waals surface area contributed by atoms with Crippen LogP contribution in [0.15, 0.2) is 54.2 Å². The Morgan fingerprint density at radius 3 is 2.30 bits per heavy atom. The van der Waals surface area contributed by atoms with E-state index in [1.54, 1.807) is 0 Å². The normalized spacial score (nSPS) is 17.8. The Balaban J connectivity index is 1.64. The highest BCUT2D eigenvalue weighted by molar-refractivity contribution is 6.36. The van der Waals surface area contributed by atoms with Crippen molar-refractivity contribution in [2.24, 2.45) is 0 Å². The number of benzene rings is 2. The van der Waals surface area contributed by atoms with Crippen molar-refractivity contribution in [1.82, 2.24) is 9.80 Å². The molecule has 0 radical (unpaired) electrons. The van der Waals surface area contributed by atoms with Gasteiger partial charge in [-0.3, -0.25) is 19.4 Å². The number of imide groups is 1. The number of amides is 2. The van der Waals surface area contributed by atoms with Gasteiger partial charge in [0.2, 0.25) is 0 Å². The summed E-state index contributed by atoms with van der Waals surface area (Å²) in [6, 6.07) is 9.38. The number of rotatable bonds is 6. The summed E-state index contributed by atoms with van der Waals surface area (Å²) in [6.07, 6.45) is -4.56. The molecule has 1 N–H and O–H groups in total. The van der Waals surface area contributed by atoms with Gasteiger partial charge in [-0.05, 0) is 35.9 Å². The fourth-order valence-corrected chi connectivity index (χ4v) is 3.76. The van der Waals surface area contributed by atoms with Crippen LogP contribution in [0.5, 0.6) is 0 Å². The number of hydrogen-bond acceptors (Lipinski definition) is 5. The number of carbonyl (C=O) groups excluding carboxylic acids is 2. The van der Waals surface area contributed by atoms with E-state index >= 15 is 0 Å². The van der Waals surface area contributed by atoms with Crippen LogP contribution < -0.4 is 5.32 Å². The number of carbonyl (C=O) groups is 2. The van der Waals surface area contributed by atoms with Gasteiger partial charge >= 0.3 is 6.18 Å². The van der Waals surface area contributed by atoms with Crippen LogP contribution >= 0.6 is 0 Å². The smallest absolute Gasteiger partial charge is 0.379 e. The predicted molar refractivity (Wildman–Crippen MR) is 112 cm³/mol. The maximum atomic E-state index is 13.4. The molecule has 2 aliphatic rings. The molecule has 2 aliphatic heterocycles. The average Bonchev–Trinajstić information content (AvgIpc) is 3.02. The average molecular weight is 463 g/mol. The Labute approximate surface area is 187 Å². The van der Waals surface area contributed by atoms with Crippen LogP contribution in [0.4, 0.5) is 23.2 Å². The van der Waals surface area contributed by atoms with Crippen LogP contribution in [0.2, 0.25) is 0 Å². The summed E-state index contributed by atoms with van der Waals surface area (Å²) in [7, 11) is 0. The van der Waals surface area contributed by atoms with Gasteiger partial charge < -0.3 is 10.1 Å². The number of alkyl halides is 3. The van der Waals surface area contributed by atoms with Crippen molar-refractivity contribution in [3.05, 3.63) is 71.2 Å².